The molecule has 0 fully saturated rings. The topological polar surface area (TPSA) is 32.3 Å². The Kier molecular flexibility index (Phi) is 4.91. The lowest BCUT2D eigenvalue weighted by atomic mass is 10.1. The lowest BCUT2D eigenvalue weighted by molar-refractivity contribution is 0.464. The number of rotatable bonds is 5. The molecule has 0 aliphatic heterocycles. The number of aromatic hydroxyl groups is 1. The number of hydrogen-bond acceptors (Lipinski definition) is 2. The van der Waals surface area contributed by atoms with Gasteiger partial charge in [0.1, 0.15) is 5.75 Å². The molecule has 0 aromatic heterocycles. The van der Waals surface area contributed by atoms with Gasteiger partial charge in [0, 0.05) is 12.1 Å². The molecular formula is C13H19NO. The van der Waals surface area contributed by atoms with Crippen LogP contribution in [0, 0.1) is 6.92 Å². The number of aryl methyl sites for hydroxylation is 1. The summed E-state index contributed by atoms with van der Waals surface area (Å²) in [5.41, 5.74) is 2.15. The third kappa shape index (κ3) is 4.17. The van der Waals surface area contributed by atoms with E-state index in [1.54, 1.807) is 6.07 Å². The van der Waals surface area contributed by atoms with Gasteiger partial charge in [0.2, 0.25) is 0 Å². The molecule has 15 heavy (non-hydrogen) atoms. The third-order valence-corrected chi connectivity index (χ3v) is 2.27. The molecule has 0 radical (unpaired) electrons. The Bertz CT molecular complexity index is 331. The second-order valence-corrected chi connectivity index (χ2v) is 3.67. The number of benzene rings is 1. The smallest absolute Gasteiger partial charge is 0.120 e. The highest BCUT2D eigenvalue weighted by molar-refractivity contribution is 5.35. The van der Waals surface area contributed by atoms with E-state index in [-0.39, 0.29) is 0 Å². The maximum atomic E-state index is 9.58. The lowest BCUT2D eigenvalue weighted by Crippen LogP contribution is -2.14. The highest BCUT2D eigenvalue weighted by atomic mass is 16.3. The summed E-state index contributed by atoms with van der Waals surface area (Å²) in [7, 11) is 0. The van der Waals surface area contributed by atoms with E-state index in [0.717, 1.165) is 25.1 Å². The molecule has 0 unspecified atom stereocenters. The van der Waals surface area contributed by atoms with Crippen LogP contribution in [0.15, 0.2) is 30.4 Å². The van der Waals surface area contributed by atoms with Crippen LogP contribution >= 0.6 is 0 Å². The minimum absolute atomic E-state index is 0.374. The van der Waals surface area contributed by atoms with E-state index in [0.29, 0.717) is 5.75 Å². The highest BCUT2D eigenvalue weighted by Crippen LogP contribution is 2.17. The average Bonchev–Trinajstić information content (AvgIpc) is 2.23. The molecule has 2 N–H and O–H groups in total. The van der Waals surface area contributed by atoms with Crippen LogP contribution in [0.25, 0.3) is 0 Å². The molecule has 1 rings (SSSR count). The number of allylic oxidation sites excluding steroid dienone is 1. The van der Waals surface area contributed by atoms with Gasteiger partial charge >= 0.3 is 0 Å². The zero-order valence-corrected chi connectivity index (χ0v) is 9.46. The molecule has 82 valence electrons. The van der Waals surface area contributed by atoms with E-state index in [4.69, 9.17) is 0 Å². The summed E-state index contributed by atoms with van der Waals surface area (Å²) < 4.78 is 0. The SMILES string of the molecule is C/C=C/CCNCc1cc(C)ccc1O. The molecule has 0 amide bonds. The van der Waals surface area contributed by atoms with Crippen LogP contribution in [0.5, 0.6) is 5.75 Å². The maximum absolute atomic E-state index is 9.58. The minimum atomic E-state index is 0.374. The van der Waals surface area contributed by atoms with Crippen molar-refractivity contribution >= 4 is 0 Å². The average molecular weight is 205 g/mol. The maximum Gasteiger partial charge on any atom is 0.120 e. The third-order valence-electron chi connectivity index (χ3n) is 2.27. The van der Waals surface area contributed by atoms with Crippen LogP contribution in [-0.2, 0) is 6.54 Å². The van der Waals surface area contributed by atoms with Crippen molar-refractivity contribution in [3.63, 3.8) is 0 Å². The predicted octanol–water partition coefficient (Wildman–Crippen LogP) is 2.76. The second-order valence-electron chi connectivity index (χ2n) is 3.67. The van der Waals surface area contributed by atoms with Gasteiger partial charge in [0.25, 0.3) is 0 Å². The molecule has 0 aliphatic rings. The van der Waals surface area contributed by atoms with Gasteiger partial charge < -0.3 is 10.4 Å². The Morgan fingerprint density at radius 1 is 1.40 bits per heavy atom. The lowest BCUT2D eigenvalue weighted by Gasteiger charge is -2.06. The van der Waals surface area contributed by atoms with Crippen molar-refractivity contribution in [3.8, 4) is 5.75 Å². The summed E-state index contributed by atoms with van der Waals surface area (Å²) in [6, 6.07) is 5.68. The fourth-order valence-electron chi connectivity index (χ4n) is 1.43. The molecule has 1 aromatic carbocycles. The van der Waals surface area contributed by atoms with Crippen LogP contribution in [0.4, 0.5) is 0 Å². The zero-order valence-electron chi connectivity index (χ0n) is 9.46. The van der Waals surface area contributed by atoms with Gasteiger partial charge in [-0.1, -0.05) is 29.8 Å². The summed E-state index contributed by atoms with van der Waals surface area (Å²) in [6.07, 6.45) is 5.21. The number of hydrogen-bond donors (Lipinski definition) is 2. The highest BCUT2D eigenvalue weighted by Gasteiger charge is 1.99. The minimum Gasteiger partial charge on any atom is -0.508 e. The van der Waals surface area contributed by atoms with Gasteiger partial charge in [-0.25, -0.2) is 0 Å². The number of phenolic OH excluding ortho intramolecular Hbond substituents is 1. The van der Waals surface area contributed by atoms with E-state index in [2.05, 4.69) is 11.4 Å². The van der Waals surface area contributed by atoms with Crippen molar-refractivity contribution in [3.05, 3.63) is 41.5 Å². The Morgan fingerprint density at radius 3 is 2.93 bits per heavy atom. The van der Waals surface area contributed by atoms with Gasteiger partial charge in [-0.15, -0.1) is 0 Å². The molecule has 1 aromatic rings. The summed E-state index contributed by atoms with van der Waals surface area (Å²) in [6.45, 7) is 5.72. The van der Waals surface area contributed by atoms with Gasteiger partial charge in [-0.2, -0.15) is 0 Å². The number of nitrogens with one attached hydrogen (secondary N) is 1. The first-order chi connectivity index (χ1) is 7.24. The fraction of sp³-hybridized carbons (Fsp3) is 0.385. The van der Waals surface area contributed by atoms with Crippen LogP contribution < -0.4 is 5.32 Å². The summed E-state index contributed by atoms with van der Waals surface area (Å²) in [5.74, 6) is 0.374. The Hall–Kier alpha value is -1.28. The van der Waals surface area contributed by atoms with E-state index in [1.165, 1.54) is 5.56 Å². The van der Waals surface area contributed by atoms with Crippen LogP contribution in [0.3, 0.4) is 0 Å². The van der Waals surface area contributed by atoms with Crippen LogP contribution in [0.2, 0.25) is 0 Å². The quantitative estimate of drug-likeness (QED) is 0.572. The Labute approximate surface area is 91.6 Å². The Balaban J connectivity index is 2.40. The summed E-state index contributed by atoms with van der Waals surface area (Å²) in [5, 5.41) is 12.9. The van der Waals surface area contributed by atoms with Crippen LogP contribution in [-0.4, -0.2) is 11.7 Å². The van der Waals surface area contributed by atoms with E-state index >= 15 is 0 Å². The van der Waals surface area contributed by atoms with Crippen molar-refractivity contribution in [2.75, 3.05) is 6.54 Å². The summed E-state index contributed by atoms with van der Waals surface area (Å²) >= 11 is 0. The molecule has 0 saturated carbocycles. The van der Waals surface area contributed by atoms with Crippen molar-refractivity contribution in [2.24, 2.45) is 0 Å². The van der Waals surface area contributed by atoms with E-state index in [1.807, 2.05) is 32.1 Å². The molecule has 0 bridgehead atoms. The van der Waals surface area contributed by atoms with E-state index < -0.39 is 0 Å². The Morgan fingerprint density at radius 2 is 2.20 bits per heavy atom. The molecule has 2 heteroatoms. The standard InChI is InChI=1S/C13H19NO/c1-3-4-5-8-14-10-12-9-11(2)6-7-13(12)15/h3-4,6-7,9,14-15H,5,8,10H2,1-2H3/b4-3+. The normalized spacial score (nSPS) is 11.1. The first kappa shape index (κ1) is 11.8. The van der Waals surface area contributed by atoms with Gasteiger partial charge in [0.15, 0.2) is 0 Å². The molecule has 0 heterocycles. The van der Waals surface area contributed by atoms with Crippen molar-refractivity contribution in [1.82, 2.24) is 5.32 Å². The van der Waals surface area contributed by atoms with Crippen molar-refractivity contribution in [1.29, 1.82) is 0 Å². The van der Waals surface area contributed by atoms with Crippen molar-refractivity contribution < 1.29 is 5.11 Å². The monoisotopic (exact) mass is 205 g/mol. The zero-order chi connectivity index (χ0) is 11.1. The molecule has 0 atom stereocenters. The molecule has 0 saturated heterocycles. The second kappa shape index (κ2) is 6.25. The molecule has 0 spiro atoms. The first-order valence-corrected chi connectivity index (χ1v) is 5.34. The van der Waals surface area contributed by atoms with E-state index in [9.17, 15) is 5.11 Å². The first-order valence-electron chi connectivity index (χ1n) is 5.34. The van der Waals surface area contributed by atoms with Crippen LogP contribution in [0.1, 0.15) is 24.5 Å². The predicted molar refractivity (Wildman–Crippen MR) is 64.0 cm³/mol. The largest absolute Gasteiger partial charge is 0.508 e. The van der Waals surface area contributed by atoms with Gasteiger partial charge in [-0.3, -0.25) is 0 Å². The molecule has 2 nitrogen and oxygen atoms in total. The van der Waals surface area contributed by atoms with Gasteiger partial charge in [0.05, 0.1) is 0 Å². The van der Waals surface area contributed by atoms with Gasteiger partial charge in [-0.05, 0) is 32.9 Å². The molecule has 0 aliphatic carbocycles. The number of phenols is 1. The fourth-order valence-corrected chi connectivity index (χ4v) is 1.43. The van der Waals surface area contributed by atoms with Crippen molar-refractivity contribution in [2.45, 2.75) is 26.8 Å². The molecular weight excluding hydrogens is 186 g/mol. The summed E-state index contributed by atoms with van der Waals surface area (Å²) in [4.78, 5) is 0.